The standard InChI is InChI=1S/C19H16N4O/c24-19(16-11-15(16)14-4-2-1-3-5-14)23-22-12-13-6-7-17-18(10-13)21-9-8-20-17/h1-10,12,15-16H,11H2,(H,23,24)/b22-12-/t15-,16+/m1/s1. The third-order valence-corrected chi connectivity index (χ3v) is 4.24. The number of rotatable bonds is 4. The number of carbonyl (C=O) groups excluding carboxylic acids is 1. The van der Waals surface area contributed by atoms with Crippen molar-refractivity contribution < 1.29 is 4.79 Å². The zero-order valence-corrected chi connectivity index (χ0v) is 13.0. The Bertz CT molecular complexity index is 907. The summed E-state index contributed by atoms with van der Waals surface area (Å²) in [7, 11) is 0. The molecule has 0 aliphatic heterocycles. The minimum Gasteiger partial charge on any atom is -0.273 e. The van der Waals surface area contributed by atoms with Crippen LogP contribution in [-0.4, -0.2) is 22.1 Å². The summed E-state index contributed by atoms with van der Waals surface area (Å²) in [5, 5.41) is 4.06. The molecule has 5 nitrogen and oxygen atoms in total. The lowest BCUT2D eigenvalue weighted by atomic mass is 10.1. The van der Waals surface area contributed by atoms with Gasteiger partial charge in [0.2, 0.25) is 5.91 Å². The first kappa shape index (κ1) is 14.5. The third kappa shape index (κ3) is 3.01. The van der Waals surface area contributed by atoms with Crippen LogP contribution in [0.15, 0.2) is 66.0 Å². The Morgan fingerprint density at radius 3 is 2.71 bits per heavy atom. The van der Waals surface area contributed by atoms with Gasteiger partial charge < -0.3 is 0 Å². The highest BCUT2D eigenvalue weighted by Gasteiger charge is 2.43. The van der Waals surface area contributed by atoms with Gasteiger partial charge in [-0.25, -0.2) is 5.43 Å². The van der Waals surface area contributed by atoms with E-state index in [0.717, 1.165) is 23.0 Å². The SMILES string of the molecule is O=C(N/N=C\c1ccc2nccnc2c1)[C@H]1C[C@@H]1c1ccccc1. The topological polar surface area (TPSA) is 67.2 Å². The van der Waals surface area contributed by atoms with E-state index in [1.807, 2.05) is 36.4 Å². The number of hydrogen-bond donors (Lipinski definition) is 1. The Kier molecular flexibility index (Phi) is 3.75. The van der Waals surface area contributed by atoms with Crippen molar-refractivity contribution in [3.05, 3.63) is 72.1 Å². The van der Waals surface area contributed by atoms with Gasteiger partial charge in [0.1, 0.15) is 0 Å². The zero-order valence-electron chi connectivity index (χ0n) is 13.0. The molecule has 0 unspecified atom stereocenters. The molecule has 3 aromatic rings. The zero-order chi connectivity index (χ0) is 16.4. The average molecular weight is 316 g/mol. The number of nitrogens with one attached hydrogen (secondary N) is 1. The van der Waals surface area contributed by atoms with E-state index in [1.165, 1.54) is 5.56 Å². The fraction of sp³-hybridized carbons (Fsp3) is 0.158. The Labute approximate surface area is 139 Å². The van der Waals surface area contributed by atoms with E-state index in [-0.39, 0.29) is 11.8 Å². The molecule has 2 aromatic carbocycles. The predicted octanol–water partition coefficient (Wildman–Crippen LogP) is 2.88. The summed E-state index contributed by atoms with van der Waals surface area (Å²) >= 11 is 0. The molecule has 0 bridgehead atoms. The summed E-state index contributed by atoms with van der Waals surface area (Å²) < 4.78 is 0. The number of fused-ring (bicyclic) bond motifs is 1. The molecule has 24 heavy (non-hydrogen) atoms. The molecule has 2 atom stereocenters. The van der Waals surface area contributed by atoms with Crippen LogP contribution < -0.4 is 5.43 Å². The summed E-state index contributed by atoms with van der Waals surface area (Å²) in [6.45, 7) is 0. The van der Waals surface area contributed by atoms with Crippen molar-refractivity contribution in [3.8, 4) is 0 Å². The Morgan fingerprint density at radius 2 is 1.88 bits per heavy atom. The van der Waals surface area contributed by atoms with Gasteiger partial charge >= 0.3 is 0 Å². The monoisotopic (exact) mass is 316 g/mol. The third-order valence-electron chi connectivity index (χ3n) is 4.24. The number of hydrogen-bond acceptors (Lipinski definition) is 4. The van der Waals surface area contributed by atoms with Crippen molar-refractivity contribution in [2.24, 2.45) is 11.0 Å². The fourth-order valence-corrected chi connectivity index (χ4v) is 2.87. The maximum absolute atomic E-state index is 12.1. The van der Waals surface area contributed by atoms with E-state index in [9.17, 15) is 4.79 Å². The first-order valence-electron chi connectivity index (χ1n) is 7.90. The molecule has 4 rings (SSSR count). The van der Waals surface area contributed by atoms with Crippen LogP contribution in [0.1, 0.15) is 23.5 Å². The number of carbonyl (C=O) groups is 1. The number of benzene rings is 2. The van der Waals surface area contributed by atoms with E-state index in [2.05, 4.69) is 32.6 Å². The van der Waals surface area contributed by atoms with E-state index >= 15 is 0 Å². The molecule has 1 heterocycles. The van der Waals surface area contributed by atoms with Gasteiger partial charge in [-0.2, -0.15) is 5.10 Å². The molecule has 1 N–H and O–H groups in total. The number of nitrogens with zero attached hydrogens (tertiary/aromatic N) is 3. The molecule has 1 aliphatic rings. The Morgan fingerprint density at radius 1 is 1.08 bits per heavy atom. The first-order valence-corrected chi connectivity index (χ1v) is 7.90. The molecule has 1 aliphatic carbocycles. The van der Waals surface area contributed by atoms with Gasteiger partial charge in [0.15, 0.2) is 0 Å². The van der Waals surface area contributed by atoms with E-state index in [0.29, 0.717) is 5.92 Å². The molecule has 0 radical (unpaired) electrons. The smallest absolute Gasteiger partial charge is 0.243 e. The van der Waals surface area contributed by atoms with Crippen molar-refractivity contribution >= 4 is 23.2 Å². The molecule has 1 saturated carbocycles. The molecule has 1 aromatic heterocycles. The van der Waals surface area contributed by atoms with Crippen LogP contribution in [0.4, 0.5) is 0 Å². The second-order valence-electron chi connectivity index (χ2n) is 5.90. The highest BCUT2D eigenvalue weighted by molar-refractivity contribution is 5.88. The van der Waals surface area contributed by atoms with Crippen LogP contribution in [-0.2, 0) is 4.79 Å². The molecule has 5 heteroatoms. The minimum absolute atomic E-state index is 0.0204. The van der Waals surface area contributed by atoms with Gasteiger partial charge in [-0.05, 0) is 35.6 Å². The van der Waals surface area contributed by atoms with Gasteiger partial charge in [-0.3, -0.25) is 14.8 Å². The quantitative estimate of drug-likeness (QED) is 0.594. The lowest BCUT2D eigenvalue weighted by molar-refractivity contribution is -0.122. The first-order chi connectivity index (χ1) is 11.8. The van der Waals surface area contributed by atoms with Crippen molar-refractivity contribution in [2.75, 3.05) is 0 Å². The van der Waals surface area contributed by atoms with Crippen LogP contribution in [0.2, 0.25) is 0 Å². The van der Waals surface area contributed by atoms with Crippen LogP contribution in [0, 0.1) is 5.92 Å². The molecular weight excluding hydrogens is 300 g/mol. The molecule has 1 amide bonds. The number of hydrazone groups is 1. The lowest BCUT2D eigenvalue weighted by Crippen LogP contribution is -2.20. The fourth-order valence-electron chi connectivity index (χ4n) is 2.87. The number of aromatic nitrogens is 2. The highest BCUT2D eigenvalue weighted by atomic mass is 16.2. The van der Waals surface area contributed by atoms with E-state index < -0.39 is 0 Å². The van der Waals surface area contributed by atoms with Crippen LogP contribution in [0.3, 0.4) is 0 Å². The summed E-state index contributed by atoms with van der Waals surface area (Å²) in [6, 6.07) is 15.8. The van der Waals surface area contributed by atoms with Crippen molar-refractivity contribution in [3.63, 3.8) is 0 Å². The summed E-state index contributed by atoms with van der Waals surface area (Å²) in [5.41, 5.74) is 6.37. The maximum atomic E-state index is 12.1. The van der Waals surface area contributed by atoms with Crippen molar-refractivity contribution in [2.45, 2.75) is 12.3 Å². The second-order valence-corrected chi connectivity index (χ2v) is 5.90. The number of amides is 1. The Hall–Kier alpha value is -3.08. The molecular formula is C19H16N4O. The average Bonchev–Trinajstić information content (AvgIpc) is 3.43. The van der Waals surface area contributed by atoms with Crippen LogP contribution in [0.5, 0.6) is 0 Å². The van der Waals surface area contributed by atoms with Gasteiger partial charge in [-0.15, -0.1) is 0 Å². The molecule has 1 fully saturated rings. The van der Waals surface area contributed by atoms with E-state index in [1.54, 1.807) is 18.6 Å². The van der Waals surface area contributed by atoms with Crippen LogP contribution in [0.25, 0.3) is 11.0 Å². The Balaban J connectivity index is 1.37. The van der Waals surface area contributed by atoms with Gasteiger partial charge in [0.05, 0.1) is 17.2 Å². The normalized spacial score (nSPS) is 19.5. The van der Waals surface area contributed by atoms with Gasteiger partial charge in [0.25, 0.3) is 0 Å². The second kappa shape index (κ2) is 6.20. The minimum atomic E-state index is -0.0271. The summed E-state index contributed by atoms with van der Waals surface area (Å²) in [6.07, 6.45) is 5.83. The largest absolute Gasteiger partial charge is 0.273 e. The predicted molar refractivity (Wildman–Crippen MR) is 92.6 cm³/mol. The van der Waals surface area contributed by atoms with Crippen LogP contribution >= 0.6 is 0 Å². The summed E-state index contributed by atoms with van der Waals surface area (Å²) in [4.78, 5) is 20.6. The van der Waals surface area contributed by atoms with Crippen molar-refractivity contribution in [1.82, 2.24) is 15.4 Å². The van der Waals surface area contributed by atoms with Crippen molar-refractivity contribution in [1.29, 1.82) is 0 Å². The lowest BCUT2D eigenvalue weighted by Gasteiger charge is -2.00. The molecule has 0 saturated heterocycles. The van der Waals surface area contributed by atoms with E-state index in [4.69, 9.17) is 0 Å². The molecule has 0 spiro atoms. The highest BCUT2D eigenvalue weighted by Crippen LogP contribution is 2.47. The van der Waals surface area contributed by atoms with Gasteiger partial charge in [0, 0.05) is 18.3 Å². The molecule has 118 valence electrons. The van der Waals surface area contributed by atoms with Gasteiger partial charge in [-0.1, -0.05) is 36.4 Å². The summed E-state index contributed by atoms with van der Waals surface area (Å²) in [5.74, 6) is 0.310. The maximum Gasteiger partial charge on any atom is 0.243 e.